The molecule has 0 N–H and O–H groups in total. The maximum Gasteiger partial charge on any atom is 0.169 e. The quantitative estimate of drug-likeness (QED) is 0.415. The van der Waals surface area contributed by atoms with Crippen LogP contribution in [0.3, 0.4) is 0 Å². The molecule has 4 aromatic rings. The molecule has 2 aliphatic rings. The number of anilines is 1. The van der Waals surface area contributed by atoms with Gasteiger partial charge < -0.3 is 9.47 Å². The van der Waals surface area contributed by atoms with Crippen LogP contribution in [0, 0.1) is 0 Å². The molecular formula is C26H27N7O. The predicted octanol–water partition coefficient (Wildman–Crippen LogP) is 3.14. The molecule has 0 unspecified atom stereocenters. The molecule has 8 heteroatoms. The zero-order chi connectivity index (χ0) is 23.1. The number of piperazine rings is 1. The molecule has 0 bridgehead atoms. The maximum atomic E-state index is 13.1. The largest absolute Gasteiger partial charge is 0.354 e. The lowest BCUT2D eigenvalue weighted by Gasteiger charge is -2.35. The Morgan fingerprint density at radius 2 is 1.88 bits per heavy atom. The first-order valence-electron chi connectivity index (χ1n) is 11.9. The van der Waals surface area contributed by atoms with Gasteiger partial charge in [0.15, 0.2) is 5.78 Å². The summed E-state index contributed by atoms with van der Waals surface area (Å²) in [7, 11) is 1.97. The van der Waals surface area contributed by atoms with Crippen molar-refractivity contribution in [3.05, 3.63) is 66.4 Å². The van der Waals surface area contributed by atoms with Crippen LogP contribution in [0.5, 0.6) is 0 Å². The van der Waals surface area contributed by atoms with Gasteiger partial charge in [-0.1, -0.05) is 6.07 Å². The number of ketones is 1. The predicted molar refractivity (Wildman–Crippen MR) is 131 cm³/mol. The first-order chi connectivity index (χ1) is 16.6. The first-order valence-corrected chi connectivity index (χ1v) is 11.9. The van der Waals surface area contributed by atoms with E-state index in [1.165, 1.54) is 12.8 Å². The summed E-state index contributed by atoms with van der Waals surface area (Å²) in [6.45, 7) is 4.04. The van der Waals surface area contributed by atoms with Gasteiger partial charge in [-0.25, -0.2) is 9.97 Å². The fourth-order valence-electron chi connectivity index (χ4n) is 4.76. The number of carbonyl (C=O) groups excluding carboxylic acids is 1. The zero-order valence-corrected chi connectivity index (χ0v) is 19.3. The summed E-state index contributed by atoms with van der Waals surface area (Å²) in [5, 5.41) is 9.60. The van der Waals surface area contributed by atoms with Crippen molar-refractivity contribution in [2.45, 2.75) is 25.3 Å². The number of fused-ring (bicyclic) bond motifs is 1. The van der Waals surface area contributed by atoms with Crippen molar-refractivity contribution < 1.29 is 4.79 Å². The smallest absolute Gasteiger partial charge is 0.169 e. The highest BCUT2D eigenvalue weighted by molar-refractivity contribution is 5.98. The number of pyridine rings is 1. The van der Waals surface area contributed by atoms with E-state index in [2.05, 4.69) is 36.0 Å². The van der Waals surface area contributed by atoms with Crippen molar-refractivity contribution in [1.29, 1.82) is 0 Å². The van der Waals surface area contributed by atoms with Crippen molar-refractivity contribution in [2.24, 2.45) is 7.05 Å². The lowest BCUT2D eigenvalue weighted by Crippen LogP contribution is -2.47. The minimum Gasteiger partial charge on any atom is -0.354 e. The molecule has 172 valence electrons. The van der Waals surface area contributed by atoms with E-state index in [1.54, 1.807) is 18.6 Å². The van der Waals surface area contributed by atoms with E-state index in [1.807, 2.05) is 42.1 Å². The SMILES string of the molecule is Cn1cncc1-c1ccc2nnc(CC(=O)c3ccnc(N4CCN(C5CC5)CC4)c3)cc2c1. The van der Waals surface area contributed by atoms with E-state index in [0.717, 1.165) is 60.2 Å². The Kier molecular flexibility index (Phi) is 5.30. The van der Waals surface area contributed by atoms with Crippen molar-refractivity contribution in [1.82, 2.24) is 29.6 Å². The van der Waals surface area contributed by atoms with Crippen LogP contribution < -0.4 is 4.90 Å². The number of imidazole rings is 1. The average molecular weight is 454 g/mol. The van der Waals surface area contributed by atoms with Crippen LogP contribution in [0.1, 0.15) is 28.9 Å². The van der Waals surface area contributed by atoms with Crippen LogP contribution in [0.4, 0.5) is 5.82 Å². The summed E-state index contributed by atoms with van der Waals surface area (Å²) >= 11 is 0. The van der Waals surface area contributed by atoms with E-state index in [0.29, 0.717) is 11.3 Å². The molecular weight excluding hydrogens is 426 g/mol. The third-order valence-electron chi connectivity index (χ3n) is 6.86. The van der Waals surface area contributed by atoms with E-state index < -0.39 is 0 Å². The topological polar surface area (TPSA) is 80.0 Å². The Morgan fingerprint density at radius 3 is 2.65 bits per heavy atom. The fourth-order valence-corrected chi connectivity index (χ4v) is 4.76. The summed E-state index contributed by atoms with van der Waals surface area (Å²) in [6.07, 6.45) is 8.24. The van der Waals surface area contributed by atoms with Crippen LogP contribution in [0.25, 0.3) is 22.2 Å². The Labute approximate surface area is 198 Å². The molecule has 1 aliphatic heterocycles. The van der Waals surface area contributed by atoms with Crippen molar-refractivity contribution in [2.75, 3.05) is 31.1 Å². The Bertz CT molecular complexity index is 1350. The van der Waals surface area contributed by atoms with Crippen LogP contribution >= 0.6 is 0 Å². The Hall–Kier alpha value is -3.65. The fraction of sp³-hybridized carbons (Fsp3) is 0.346. The number of hydrogen-bond donors (Lipinski definition) is 0. The molecule has 1 saturated carbocycles. The van der Waals surface area contributed by atoms with Gasteiger partial charge in [0, 0.05) is 62.0 Å². The minimum atomic E-state index is 0.0247. The van der Waals surface area contributed by atoms with E-state index in [-0.39, 0.29) is 12.2 Å². The normalized spacial score (nSPS) is 16.8. The average Bonchev–Trinajstić information content (AvgIpc) is 3.64. The highest BCUT2D eigenvalue weighted by atomic mass is 16.1. The van der Waals surface area contributed by atoms with Crippen molar-refractivity contribution in [3.63, 3.8) is 0 Å². The highest BCUT2D eigenvalue weighted by Crippen LogP contribution is 2.28. The highest BCUT2D eigenvalue weighted by Gasteiger charge is 2.31. The van der Waals surface area contributed by atoms with Crippen molar-refractivity contribution in [3.8, 4) is 11.3 Å². The van der Waals surface area contributed by atoms with Crippen LogP contribution in [0.15, 0.2) is 55.1 Å². The van der Waals surface area contributed by atoms with E-state index >= 15 is 0 Å². The summed E-state index contributed by atoms with van der Waals surface area (Å²) in [4.78, 5) is 26.7. The second kappa shape index (κ2) is 8.61. The molecule has 0 atom stereocenters. The lowest BCUT2D eigenvalue weighted by molar-refractivity contribution is 0.0991. The molecule has 4 heterocycles. The number of hydrogen-bond acceptors (Lipinski definition) is 7. The van der Waals surface area contributed by atoms with Gasteiger partial charge in [0.25, 0.3) is 0 Å². The number of Topliss-reactive ketones (excluding diaryl/α,β-unsaturated/α-hetero) is 1. The number of carbonyl (C=O) groups is 1. The zero-order valence-electron chi connectivity index (χ0n) is 19.3. The lowest BCUT2D eigenvalue weighted by atomic mass is 10.0. The molecule has 2 fully saturated rings. The molecule has 1 saturated heterocycles. The molecule has 0 spiro atoms. The molecule has 0 radical (unpaired) electrons. The maximum absolute atomic E-state index is 13.1. The molecule has 8 nitrogen and oxygen atoms in total. The van der Waals surface area contributed by atoms with Gasteiger partial charge >= 0.3 is 0 Å². The van der Waals surface area contributed by atoms with Gasteiger partial charge in [-0.15, -0.1) is 0 Å². The number of rotatable bonds is 6. The van der Waals surface area contributed by atoms with E-state index in [4.69, 9.17) is 0 Å². The van der Waals surface area contributed by atoms with Gasteiger partial charge in [0.2, 0.25) is 0 Å². The number of nitrogens with zero attached hydrogens (tertiary/aromatic N) is 7. The monoisotopic (exact) mass is 453 g/mol. The first kappa shape index (κ1) is 20.9. The number of aromatic nitrogens is 5. The van der Waals surface area contributed by atoms with Crippen LogP contribution in [-0.2, 0) is 13.5 Å². The third kappa shape index (κ3) is 4.17. The van der Waals surface area contributed by atoms with Gasteiger partial charge in [0.1, 0.15) is 5.82 Å². The second-order valence-electron chi connectivity index (χ2n) is 9.26. The second-order valence-corrected chi connectivity index (χ2v) is 9.26. The summed E-state index contributed by atoms with van der Waals surface area (Å²) in [6, 6.07) is 12.5. The molecule has 0 amide bonds. The Morgan fingerprint density at radius 1 is 1.03 bits per heavy atom. The van der Waals surface area contributed by atoms with Crippen LogP contribution in [0.2, 0.25) is 0 Å². The summed E-state index contributed by atoms with van der Waals surface area (Å²) < 4.78 is 1.98. The van der Waals surface area contributed by atoms with Crippen LogP contribution in [-0.4, -0.2) is 67.6 Å². The van der Waals surface area contributed by atoms with Crippen molar-refractivity contribution >= 4 is 22.5 Å². The van der Waals surface area contributed by atoms with Gasteiger partial charge in [-0.3, -0.25) is 9.69 Å². The third-order valence-corrected chi connectivity index (χ3v) is 6.86. The minimum absolute atomic E-state index is 0.0247. The number of aryl methyl sites for hydroxylation is 1. The summed E-state index contributed by atoms with van der Waals surface area (Å²) in [5.41, 5.74) is 4.21. The molecule has 6 rings (SSSR count). The Balaban J connectivity index is 1.18. The molecule has 1 aliphatic carbocycles. The molecule has 3 aromatic heterocycles. The molecule has 34 heavy (non-hydrogen) atoms. The standard InChI is InChI=1S/C26H27N7O/c1-31-17-27-16-24(31)18-2-5-23-20(12-18)13-21(29-30-23)15-25(34)19-6-7-28-26(14-19)33-10-8-32(9-11-33)22-3-4-22/h2,5-7,12-14,16-17,22H,3-4,8-11,15H2,1H3. The van der Waals surface area contributed by atoms with Gasteiger partial charge in [-0.2, -0.15) is 10.2 Å². The van der Waals surface area contributed by atoms with Gasteiger partial charge in [0.05, 0.1) is 35.8 Å². The molecule has 1 aromatic carbocycles. The van der Waals surface area contributed by atoms with Gasteiger partial charge in [-0.05, 0) is 43.2 Å². The van der Waals surface area contributed by atoms with E-state index in [9.17, 15) is 4.79 Å². The summed E-state index contributed by atoms with van der Waals surface area (Å²) in [5.74, 6) is 0.906. The number of benzene rings is 1.